The molecule has 0 saturated carbocycles. The molecule has 11 nitrogen and oxygen atoms in total. The summed E-state index contributed by atoms with van der Waals surface area (Å²) in [5.74, 6) is -0.0840. The molecule has 0 aliphatic rings. The summed E-state index contributed by atoms with van der Waals surface area (Å²) in [4.78, 5) is 33.8. The monoisotopic (exact) mass is 497 g/mol. The molecule has 5 N–H and O–H groups in total. The highest BCUT2D eigenvalue weighted by molar-refractivity contribution is 6.03. The lowest BCUT2D eigenvalue weighted by Crippen LogP contribution is -2.19. The molecular formula is C26H27N9O2. The number of benzene rings is 2. The second-order valence-electron chi connectivity index (χ2n) is 8.60. The largest absolute Gasteiger partial charge is 0.369 e. The maximum atomic E-state index is 13.1. The summed E-state index contributed by atoms with van der Waals surface area (Å²) in [6.07, 6.45) is 3.95. The minimum atomic E-state index is -0.547. The van der Waals surface area contributed by atoms with E-state index in [-0.39, 0.29) is 5.91 Å². The van der Waals surface area contributed by atoms with E-state index in [4.69, 9.17) is 11.5 Å². The molecule has 5 rings (SSSR count). The van der Waals surface area contributed by atoms with Crippen LogP contribution in [-0.4, -0.2) is 40.7 Å². The summed E-state index contributed by atoms with van der Waals surface area (Å²) >= 11 is 0. The molecule has 0 unspecified atom stereocenters. The fraction of sp³-hybridized carbons (Fsp3) is 0.192. The zero-order chi connectivity index (χ0) is 26.1. The summed E-state index contributed by atoms with van der Waals surface area (Å²) in [6.45, 7) is 5.27. The number of primary amides is 1. The van der Waals surface area contributed by atoms with Gasteiger partial charge in [-0.25, -0.2) is 9.97 Å². The molecule has 0 fully saturated rings. The number of nitrogens with zero attached hydrogens (tertiary/aromatic N) is 6. The van der Waals surface area contributed by atoms with Crippen LogP contribution in [0.4, 0.5) is 11.9 Å². The summed E-state index contributed by atoms with van der Waals surface area (Å²) in [7, 11) is 0. The van der Waals surface area contributed by atoms with Crippen LogP contribution in [0.15, 0.2) is 60.7 Å². The van der Waals surface area contributed by atoms with Gasteiger partial charge in [0.05, 0.1) is 27.8 Å². The molecule has 188 valence electrons. The standard InChI is InChI=1S/C26H27N9O2/c1-3-35-22(14-16(2)32-35)24(37)31-26-30-19-15-17(23(27)36)10-11-21(19)34(26)13-7-6-12-33-20-9-5-4-8-18(20)29-25(33)28/h4-11,14-15H,3,12-13H2,1-2H3,(H2,27,36)(H2,28,29)(H,30,31,37)/b7-6+. The number of hydrogen-bond donors (Lipinski definition) is 3. The molecule has 0 aliphatic carbocycles. The first-order valence-electron chi connectivity index (χ1n) is 11.9. The average molecular weight is 498 g/mol. The van der Waals surface area contributed by atoms with Crippen molar-refractivity contribution in [3.05, 3.63) is 77.6 Å². The van der Waals surface area contributed by atoms with Crippen LogP contribution in [0.3, 0.4) is 0 Å². The van der Waals surface area contributed by atoms with Gasteiger partial charge in [-0.1, -0.05) is 24.3 Å². The molecule has 0 aliphatic heterocycles. The van der Waals surface area contributed by atoms with Crippen molar-refractivity contribution in [3.63, 3.8) is 0 Å². The predicted octanol–water partition coefficient (Wildman–Crippen LogP) is 3.10. The second kappa shape index (κ2) is 9.61. The van der Waals surface area contributed by atoms with Gasteiger partial charge in [-0.15, -0.1) is 0 Å². The highest BCUT2D eigenvalue weighted by Crippen LogP contribution is 2.23. The Hall–Kier alpha value is -4.93. The minimum Gasteiger partial charge on any atom is -0.369 e. The van der Waals surface area contributed by atoms with Gasteiger partial charge >= 0.3 is 0 Å². The number of aromatic nitrogens is 6. The first-order valence-corrected chi connectivity index (χ1v) is 11.9. The maximum Gasteiger partial charge on any atom is 0.276 e. The Kier molecular flexibility index (Phi) is 6.18. The van der Waals surface area contributed by atoms with Crippen molar-refractivity contribution in [2.45, 2.75) is 33.5 Å². The predicted molar refractivity (Wildman–Crippen MR) is 142 cm³/mol. The second-order valence-corrected chi connectivity index (χ2v) is 8.60. The number of imidazole rings is 2. The van der Waals surface area contributed by atoms with E-state index in [1.165, 1.54) is 0 Å². The molecule has 37 heavy (non-hydrogen) atoms. The fourth-order valence-corrected chi connectivity index (χ4v) is 4.34. The van der Waals surface area contributed by atoms with E-state index in [2.05, 4.69) is 20.4 Å². The number of allylic oxidation sites excluding steroid dienone is 2. The number of aryl methyl sites for hydroxylation is 2. The first-order chi connectivity index (χ1) is 17.9. The molecule has 2 aromatic carbocycles. The van der Waals surface area contributed by atoms with Crippen LogP contribution in [0.2, 0.25) is 0 Å². The molecule has 0 radical (unpaired) electrons. The van der Waals surface area contributed by atoms with Gasteiger partial charge in [0.2, 0.25) is 17.8 Å². The number of carbonyl (C=O) groups is 2. The SMILES string of the molecule is CCn1nc(C)cc1C(=O)Nc1nc2cc(C(N)=O)ccc2n1C/C=C/Cn1c(N)nc2ccccc21. The Balaban J connectivity index is 1.45. The third-order valence-electron chi connectivity index (χ3n) is 6.12. The van der Waals surface area contributed by atoms with E-state index in [0.717, 1.165) is 22.2 Å². The molecular weight excluding hydrogens is 470 g/mol. The Morgan fingerprint density at radius 1 is 0.973 bits per heavy atom. The lowest BCUT2D eigenvalue weighted by Gasteiger charge is -2.09. The number of rotatable bonds is 8. The number of hydrogen-bond acceptors (Lipinski definition) is 6. The summed E-state index contributed by atoms with van der Waals surface area (Å²) in [5, 5.41) is 7.26. The normalized spacial score (nSPS) is 11.6. The van der Waals surface area contributed by atoms with Gasteiger partial charge in [0, 0.05) is 25.2 Å². The Bertz CT molecular complexity index is 1670. The molecule has 3 aromatic heterocycles. The average Bonchev–Trinajstić information content (AvgIpc) is 3.53. The van der Waals surface area contributed by atoms with Gasteiger partial charge < -0.3 is 20.6 Å². The van der Waals surface area contributed by atoms with E-state index in [9.17, 15) is 9.59 Å². The topological polar surface area (TPSA) is 152 Å². The molecule has 11 heteroatoms. The zero-order valence-corrected chi connectivity index (χ0v) is 20.5. The van der Waals surface area contributed by atoms with E-state index >= 15 is 0 Å². The number of anilines is 2. The van der Waals surface area contributed by atoms with Crippen LogP contribution >= 0.6 is 0 Å². The first kappa shape index (κ1) is 23.8. The smallest absolute Gasteiger partial charge is 0.276 e. The number of nitrogens with two attached hydrogens (primary N) is 2. The lowest BCUT2D eigenvalue weighted by molar-refractivity contribution is 0.0996. The number of amides is 2. The van der Waals surface area contributed by atoms with Crippen molar-refractivity contribution >= 4 is 45.8 Å². The van der Waals surface area contributed by atoms with Crippen molar-refractivity contribution in [2.75, 3.05) is 11.1 Å². The summed E-state index contributed by atoms with van der Waals surface area (Å²) < 4.78 is 5.43. The Labute approximate surface area is 212 Å². The quantitative estimate of drug-likeness (QED) is 0.280. The Morgan fingerprint density at radius 2 is 1.70 bits per heavy atom. The molecule has 5 aromatic rings. The molecule has 0 saturated heterocycles. The Morgan fingerprint density at radius 3 is 2.46 bits per heavy atom. The van der Waals surface area contributed by atoms with Crippen molar-refractivity contribution in [3.8, 4) is 0 Å². The van der Waals surface area contributed by atoms with E-state index in [1.807, 2.05) is 59.4 Å². The van der Waals surface area contributed by atoms with Crippen LogP contribution in [0.25, 0.3) is 22.1 Å². The number of carbonyl (C=O) groups excluding carboxylic acids is 2. The lowest BCUT2D eigenvalue weighted by atomic mass is 10.2. The van der Waals surface area contributed by atoms with Crippen LogP contribution < -0.4 is 16.8 Å². The highest BCUT2D eigenvalue weighted by atomic mass is 16.2. The van der Waals surface area contributed by atoms with E-state index in [0.29, 0.717) is 48.3 Å². The van der Waals surface area contributed by atoms with Gasteiger partial charge in [-0.3, -0.25) is 19.6 Å². The molecule has 0 bridgehead atoms. The van der Waals surface area contributed by atoms with Crippen LogP contribution in [0.5, 0.6) is 0 Å². The molecule has 0 atom stereocenters. The van der Waals surface area contributed by atoms with Gasteiger partial charge in [0.1, 0.15) is 5.69 Å². The van der Waals surface area contributed by atoms with Gasteiger partial charge in [0.25, 0.3) is 5.91 Å². The number of nitrogen functional groups attached to an aromatic ring is 1. The van der Waals surface area contributed by atoms with Crippen LogP contribution in [0.1, 0.15) is 33.5 Å². The van der Waals surface area contributed by atoms with Crippen molar-refractivity contribution < 1.29 is 9.59 Å². The van der Waals surface area contributed by atoms with E-state index < -0.39 is 5.91 Å². The zero-order valence-electron chi connectivity index (χ0n) is 20.5. The third-order valence-corrected chi connectivity index (χ3v) is 6.12. The number of fused-ring (bicyclic) bond motifs is 2. The maximum absolute atomic E-state index is 13.1. The molecule has 0 spiro atoms. The van der Waals surface area contributed by atoms with Crippen molar-refractivity contribution in [1.82, 2.24) is 28.9 Å². The number of para-hydroxylation sites is 2. The van der Waals surface area contributed by atoms with Crippen LogP contribution in [0, 0.1) is 6.92 Å². The van der Waals surface area contributed by atoms with Crippen molar-refractivity contribution in [1.29, 1.82) is 0 Å². The fourth-order valence-electron chi connectivity index (χ4n) is 4.34. The number of nitrogens with one attached hydrogen (secondary N) is 1. The highest BCUT2D eigenvalue weighted by Gasteiger charge is 2.18. The third kappa shape index (κ3) is 4.54. The summed E-state index contributed by atoms with van der Waals surface area (Å²) in [5.41, 5.74) is 16.2. The van der Waals surface area contributed by atoms with Crippen molar-refractivity contribution in [2.24, 2.45) is 5.73 Å². The van der Waals surface area contributed by atoms with Gasteiger partial charge in [-0.05, 0) is 50.2 Å². The molecule has 3 heterocycles. The van der Waals surface area contributed by atoms with Gasteiger partial charge in [0.15, 0.2) is 0 Å². The van der Waals surface area contributed by atoms with Gasteiger partial charge in [-0.2, -0.15) is 5.10 Å². The summed E-state index contributed by atoms with van der Waals surface area (Å²) in [6, 6.07) is 14.5. The van der Waals surface area contributed by atoms with E-state index in [1.54, 1.807) is 28.9 Å². The minimum absolute atomic E-state index is 0.323. The molecule has 2 amide bonds. The van der Waals surface area contributed by atoms with Crippen LogP contribution in [-0.2, 0) is 19.6 Å².